The Balaban J connectivity index is 1.07. The third-order valence-corrected chi connectivity index (χ3v) is 11.9. The van der Waals surface area contributed by atoms with E-state index in [2.05, 4.69) is 69.5 Å². The highest BCUT2D eigenvalue weighted by Crippen LogP contribution is 2.37. The van der Waals surface area contributed by atoms with Gasteiger partial charge in [-0.1, -0.05) is 30.3 Å². The Morgan fingerprint density at radius 3 is 2.43 bits per heavy atom. The first-order chi connectivity index (χ1) is 22.1. The van der Waals surface area contributed by atoms with Gasteiger partial charge in [0.25, 0.3) is 0 Å². The molecule has 1 aromatic heterocycles. The number of rotatable bonds is 14. The van der Waals surface area contributed by atoms with Gasteiger partial charge in [-0.25, -0.2) is 13.4 Å². The molecule has 3 aromatic rings. The second kappa shape index (κ2) is 15.2. The SMILES string of the molecule is COc1cc(C)c(S(=O)(=O)N2CCC[C@H]2COc2ccnc(CNCCCN3CCC(c4ccccc4)(N(C)C)CC3)n2)c(C)c1. The molecule has 46 heavy (non-hydrogen) atoms. The smallest absolute Gasteiger partial charge is 0.243 e. The Hall–Kier alpha value is -3.09. The Kier molecular flexibility index (Phi) is 11.3. The van der Waals surface area contributed by atoms with Crippen LogP contribution < -0.4 is 14.8 Å². The van der Waals surface area contributed by atoms with Crippen LogP contribution >= 0.6 is 0 Å². The number of nitrogens with one attached hydrogen (secondary N) is 1. The van der Waals surface area contributed by atoms with Crippen LogP contribution in [0.4, 0.5) is 0 Å². The lowest BCUT2D eigenvalue weighted by Crippen LogP contribution is -2.50. The van der Waals surface area contributed by atoms with E-state index >= 15 is 0 Å². The number of hydrogen-bond acceptors (Lipinski definition) is 9. The molecule has 2 aromatic carbocycles. The van der Waals surface area contributed by atoms with Crippen molar-refractivity contribution in [3.8, 4) is 11.6 Å². The summed E-state index contributed by atoms with van der Waals surface area (Å²) in [6.07, 6.45) is 6.54. The van der Waals surface area contributed by atoms with Gasteiger partial charge in [0.1, 0.15) is 18.2 Å². The van der Waals surface area contributed by atoms with Gasteiger partial charge in [-0.05, 0) is 102 Å². The number of aromatic nitrogens is 2. The van der Waals surface area contributed by atoms with Gasteiger partial charge in [0.05, 0.1) is 24.6 Å². The van der Waals surface area contributed by atoms with E-state index in [0.29, 0.717) is 46.6 Å². The number of benzene rings is 2. The molecule has 2 aliphatic heterocycles. The number of piperidine rings is 1. The van der Waals surface area contributed by atoms with Crippen molar-refractivity contribution in [3.05, 3.63) is 77.2 Å². The predicted molar refractivity (Wildman–Crippen MR) is 181 cm³/mol. The number of ether oxygens (including phenoxy) is 2. The van der Waals surface area contributed by atoms with Crippen LogP contribution in [0.15, 0.2) is 59.6 Å². The van der Waals surface area contributed by atoms with Crippen LogP contribution in [0.3, 0.4) is 0 Å². The highest BCUT2D eigenvalue weighted by Gasteiger charge is 2.39. The maximum atomic E-state index is 13.7. The number of sulfonamides is 1. The molecule has 0 aliphatic carbocycles. The summed E-state index contributed by atoms with van der Waals surface area (Å²) < 4.78 is 40.4. The van der Waals surface area contributed by atoms with Crippen LogP contribution in [-0.4, -0.2) is 99.1 Å². The predicted octanol–water partition coefficient (Wildman–Crippen LogP) is 4.37. The Labute approximate surface area is 275 Å². The summed E-state index contributed by atoms with van der Waals surface area (Å²) in [5, 5.41) is 3.48. The molecule has 2 fully saturated rings. The fraction of sp³-hybridized carbons (Fsp3) is 0.543. The van der Waals surface area contributed by atoms with E-state index in [9.17, 15) is 8.42 Å². The standard InChI is InChI=1S/C35H50N6O4S/c1-27-23-31(44-5)24-28(2)34(27)46(42,43)41-20-9-13-30(41)26-45-33-14-18-37-32(38-33)25-36-17-10-19-40-21-15-35(16-22-40,39(3)4)29-11-7-6-8-12-29/h6-8,11-12,14,18,23-24,30,36H,9-10,13,15-17,19-22,25-26H2,1-5H3/t30-/m0/s1. The van der Waals surface area contributed by atoms with Crippen molar-refractivity contribution in [2.75, 3.05) is 60.5 Å². The maximum absolute atomic E-state index is 13.7. The second-order valence-corrected chi connectivity index (χ2v) is 14.6. The van der Waals surface area contributed by atoms with Crippen molar-refractivity contribution in [3.63, 3.8) is 0 Å². The Bertz CT molecular complexity index is 1520. The molecule has 3 heterocycles. The van der Waals surface area contributed by atoms with E-state index < -0.39 is 10.0 Å². The van der Waals surface area contributed by atoms with Crippen LogP contribution in [0.2, 0.25) is 0 Å². The van der Waals surface area contributed by atoms with E-state index in [1.54, 1.807) is 35.8 Å². The molecule has 2 saturated heterocycles. The zero-order chi connectivity index (χ0) is 32.7. The second-order valence-electron chi connectivity index (χ2n) is 12.8. The van der Waals surface area contributed by atoms with Crippen molar-refractivity contribution in [2.45, 2.75) is 69.0 Å². The lowest BCUT2D eigenvalue weighted by molar-refractivity contribution is 0.0534. The maximum Gasteiger partial charge on any atom is 0.243 e. The van der Waals surface area contributed by atoms with Gasteiger partial charge in [0.2, 0.25) is 15.9 Å². The fourth-order valence-electron chi connectivity index (χ4n) is 7.09. The van der Waals surface area contributed by atoms with E-state index in [-0.39, 0.29) is 18.2 Å². The first kappa shape index (κ1) is 34.3. The van der Waals surface area contributed by atoms with Crippen LogP contribution in [0.1, 0.15) is 54.6 Å². The minimum atomic E-state index is -3.69. The summed E-state index contributed by atoms with van der Waals surface area (Å²) in [6.45, 7) is 9.02. The Morgan fingerprint density at radius 2 is 1.76 bits per heavy atom. The van der Waals surface area contributed by atoms with Crippen LogP contribution in [-0.2, 0) is 22.1 Å². The molecular formula is C35H50N6O4S. The molecule has 0 unspecified atom stereocenters. The molecule has 0 spiro atoms. The molecule has 11 heteroatoms. The molecule has 0 bridgehead atoms. The minimum Gasteiger partial charge on any atom is -0.497 e. The van der Waals surface area contributed by atoms with E-state index in [1.165, 1.54) is 5.56 Å². The molecule has 1 N–H and O–H groups in total. The van der Waals surface area contributed by atoms with Gasteiger partial charge in [-0.15, -0.1) is 0 Å². The van der Waals surface area contributed by atoms with Crippen LogP contribution in [0.25, 0.3) is 0 Å². The lowest BCUT2D eigenvalue weighted by atomic mass is 9.80. The molecule has 1 atom stereocenters. The van der Waals surface area contributed by atoms with E-state index in [1.807, 2.05) is 13.8 Å². The molecule has 250 valence electrons. The first-order valence-electron chi connectivity index (χ1n) is 16.4. The number of nitrogens with zero attached hydrogens (tertiary/aromatic N) is 5. The summed E-state index contributed by atoms with van der Waals surface area (Å²) in [5.74, 6) is 1.78. The molecule has 10 nitrogen and oxygen atoms in total. The lowest BCUT2D eigenvalue weighted by Gasteiger charge is -2.46. The summed E-state index contributed by atoms with van der Waals surface area (Å²) >= 11 is 0. The van der Waals surface area contributed by atoms with Crippen LogP contribution in [0, 0.1) is 13.8 Å². The zero-order valence-corrected chi connectivity index (χ0v) is 28.9. The topological polar surface area (TPSA) is 100 Å². The van der Waals surface area contributed by atoms with Crippen molar-refractivity contribution in [2.24, 2.45) is 0 Å². The zero-order valence-electron chi connectivity index (χ0n) is 28.0. The third-order valence-electron chi connectivity index (χ3n) is 9.62. The van der Waals surface area contributed by atoms with Crippen LogP contribution in [0.5, 0.6) is 11.6 Å². The molecular weight excluding hydrogens is 600 g/mol. The van der Waals surface area contributed by atoms with Gasteiger partial charge >= 0.3 is 0 Å². The highest BCUT2D eigenvalue weighted by molar-refractivity contribution is 7.89. The summed E-state index contributed by atoms with van der Waals surface area (Å²) in [7, 11) is 2.30. The van der Waals surface area contributed by atoms with Crippen molar-refractivity contribution < 1.29 is 17.9 Å². The van der Waals surface area contributed by atoms with Crippen molar-refractivity contribution >= 4 is 10.0 Å². The minimum absolute atomic E-state index is 0.110. The van der Waals surface area contributed by atoms with Gasteiger partial charge in [-0.3, -0.25) is 4.90 Å². The largest absolute Gasteiger partial charge is 0.497 e. The van der Waals surface area contributed by atoms with Gasteiger partial charge in [0.15, 0.2) is 0 Å². The van der Waals surface area contributed by atoms with Crippen molar-refractivity contribution in [1.82, 2.24) is 29.4 Å². The van der Waals surface area contributed by atoms with Gasteiger partial charge in [-0.2, -0.15) is 9.29 Å². The summed E-state index contributed by atoms with van der Waals surface area (Å²) in [6, 6.07) is 15.9. The van der Waals surface area contributed by atoms with Crippen molar-refractivity contribution in [1.29, 1.82) is 0 Å². The Morgan fingerprint density at radius 1 is 1.04 bits per heavy atom. The van der Waals surface area contributed by atoms with Gasteiger partial charge < -0.3 is 19.7 Å². The average molecular weight is 651 g/mol. The molecule has 2 aliphatic rings. The number of aryl methyl sites for hydroxylation is 2. The number of likely N-dealkylation sites (tertiary alicyclic amines) is 1. The fourth-order valence-corrected chi connectivity index (χ4v) is 9.18. The van der Waals surface area contributed by atoms with E-state index in [0.717, 1.165) is 58.3 Å². The molecule has 5 rings (SSSR count). The normalized spacial score (nSPS) is 19.0. The number of methoxy groups -OCH3 is 1. The highest BCUT2D eigenvalue weighted by atomic mass is 32.2. The first-order valence-corrected chi connectivity index (χ1v) is 17.9. The third kappa shape index (κ3) is 7.71. The summed E-state index contributed by atoms with van der Waals surface area (Å²) in [4.78, 5) is 14.3. The summed E-state index contributed by atoms with van der Waals surface area (Å²) in [5.41, 5.74) is 2.89. The molecule has 0 radical (unpaired) electrons. The average Bonchev–Trinajstić information content (AvgIpc) is 3.54. The molecule has 0 amide bonds. The number of hydrogen-bond donors (Lipinski definition) is 1. The monoisotopic (exact) mass is 650 g/mol. The van der Waals surface area contributed by atoms with Gasteiger partial charge in [0, 0.05) is 37.4 Å². The van der Waals surface area contributed by atoms with E-state index in [4.69, 9.17) is 9.47 Å². The molecule has 0 saturated carbocycles. The quantitative estimate of drug-likeness (QED) is 0.255.